The van der Waals surface area contributed by atoms with E-state index in [4.69, 9.17) is 14.2 Å². The number of carbonyl (C=O) groups is 1. The fourth-order valence-electron chi connectivity index (χ4n) is 3.11. The van der Waals surface area contributed by atoms with Gasteiger partial charge in [0.2, 0.25) is 6.79 Å². The van der Waals surface area contributed by atoms with Crippen LogP contribution in [0, 0.1) is 0 Å². The highest BCUT2D eigenvalue weighted by atomic mass is 16.7. The van der Waals surface area contributed by atoms with Gasteiger partial charge in [-0.05, 0) is 30.5 Å². The summed E-state index contributed by atoms with van der Waals surface area (Å²) in [6.45, 7) is 1.80. The summed E-state index contributed by atoms with van der Waals surface area (Å²) in [6.07, 6.45) is 2.67. The minimum absolute atomic E-state index is 0.136. The highest BCUT2D eigenvalue weighted by molar-refractivity contribution is 5.82. The molecule has 1 aromatic rings. The van der Waals surface area contributed by atoms with Crippen molar-refractivity contribution in [3.05, 3.63) is 23.8 Å². The second-order valence-electron chi connectivity index (χ2n) is 5.45. The van der Waals surface area contributed by atoms with E-state index in [1.807, 2.05) is 23.1 Å². The van der Waals surface area contributed by atoms with Crippen molar-refractivity contribution in [1.29, 1.82) is 0 Å². The van der Waals surface area contributed by atoms with Gasteiger partial charge in [0, 0.05) is 13.0 Å². The molecule has 106 valence electrons. The molecule has 2 atom stereocenters. The Hall–Kier alpha value is -1.75. The average molecular weight is 275 g/mol. The maximum atomic E-state index is 12.4. The molecule has 20 heavy (non-hydrogen) atoms. The van der Waals surface area contributed by atoms with Crippen molar-refractivity contribution < 1.29 is 19.0 Å². The monoisotopic (exact) mass is 275 g/mol. The molecule has 0 bridgehead atoms. The molecule has 3 aliphatic heterocycles. The SMILES string of the molecule is O=C([C@H]1CCO1)N1CCC[C@H]1c1ccc2c(c1)OCO2. The number of carbonyl (C=O) groups excluding carboxylic acids is 1. The fourth-order valence-corrected chi connectivity index (χ4v) is 3.11. The molecule has 5 nitrogen and oxygen atoms in total. The Balaban J connectivity index is 1.58. The molecule has 1 aromatic carbocycles. The van der Waals surface area contributed by atoms with Gasteiger partial charge in [0.1, 0.15) is 6.10 Å². The van der Waals surface area contributed by atoms with E-state index in [9.17, 15) is 4.79 Å². The lowest BCUT2D eigenvalue weighted by Crippen LogP contribution is -2.45. The number of hydrogen-bond acceptors (Lipinski definition) is 4. The van der Waals surface area contributed by atoms with Crippen molar-refractivity contribution >= 4 is 5.91 Å². The molecule has 3 heterocycles. The number of hydrogen-bond donors (Lipinski definition) is 0. The molecular weight excluding hydrogens is 258 g/mol. The Labute approximate surface area is 117 Å². The second-order valence-corrected chi connectivity index (χ2v) is 5.45. The fraction of sp³-hybridized carbons (Fsp3) is 0.533. The lowest BCUT2D eigenvalue weighted by atomic mass is 10.0. The molecule has 0 aromatic heterocycles. The van der Waals surface area contributed by atoms with Gasteiger partial charge in [0.25, 0.3) is 5.91 Å². The number of rotatable bonds is 2. The molecule has 3 aliphatic rings. The topological polar surface area (TPSA) is 48.0 Å². The van der Waals surface area contributed by atoms with Crippen molar-refractivity contribution in [3.8, 4) is 11.5 Å². The quantitative estimate of drug-likeness (QED) is 0.826. The van der Waals surface area contributed by atoms with Crippen LogP contribution in [0.2, 0.25) is 0 Å². The van der Waals surface area contributed by atoms with E-state index in [1.54, 1.807) is 0 Å². The number of fused-ring (bicyclic) bond motifs is 1. The summed E-state index contributed by atoms with van der Waals surface area (Å²) in [6, 6.07) is 6.10. The Morgan fingerprint density at radius 2 is 2.05 bits per heavy atom. The maximum Gasteiger partial charge on any atom is 0.252 e. The number of nitrogens with zero attached hydrogens (tertiary/aromatic N) is 1. The van der Waals surface area contributed by atoms with Crippen LogP contribution < -0.4 is 9.47 Å². The average Bonchev–Trinajstić information content (AvgIpc) is 3.04. The maximum absolute atomic E-state index is 12.4. The third-order valence-corrected chi connectivity index (χ3v) is 4.29. The number of amides is 1. The standard InChI is InChI=1S/C15H17NO4/c17-15(13-5-7-18-13)16-6-1-2-11(16)10-3-4-12-14(8-10)20-9-19-12/h3-4,8,11,13H,1-2,5-7,9H2/t11-,13+/m0/s1. The van der Waals surface area contributed by atoms with Crippen molar-refractivity contribution in [2.24, 2.45) is 0 Å². The van der Waals surface area contributed by atoms with E-state index in [0.717, 1.165) is 42.9 Å². The van der Waals surface area contributed by atoms with Crippen molar-refractivity contribution in [1.82, 2.24) is 4.90 Å². The molecule has 0 aliphatic carbocycles. The van der Waals surface area contributed by atoms with Crippen LogP contribution in [0.15, 0.2) is 18.2 Å². The number of benzene rings is 1. The molecule has 0 unspecified atom stereocenters. The Morgan fingerprint density at radius 3 is 2.85 bits per heavy atom. The van der Waals surface area contributed by atoms with Gasteiger partial charge in [-0.15, -0.1) is 0 Å². The summed E-state index contributed by atoms with van der Waals surface area (Å²) in [5, 5.41) is 0. The minimum atomic E-state index is -0.218. The summed E-state index contributed by atoms with van der Waals surface area (Å²) in [4.78, 5) is 14.3. The molecule has 4 rings (SSSR count). The van der Waals surface area contributed by atoms with Crippen molar-refractivity contribution in [2.45, 2.75) is 31.4 Å². The molecule has 0 spiro atoms. The van der Waals surface area contributed by atoms with Crippen LogP contribution in [-0.2, 0) is 9.53 Å². The van der Waals surface area contributed by atoms with E-state index >= 15 is 0 Å². The smallest absolute Gasteiger partial charge is 0.252 e. The third-order valence-electron chi connectivity index (χ3n) is 4.29. The first kappa shape index (κ1) is 12.0. The lowest BCUT2D eigenvalue weighted by Gasteiger charge is -2.33. The predicted octanol–water partition coefficient (Wildman–Crippen LogP) is 1.87. The van der Waals surface area contributed by atoms with Gasteiger partial charge < -0.3 is 19.1 Å². The molecule has 2 fully saturated rings. The van der Waals surface area contributed by atoms with Gasteiger partial charge in [-0.3, -0.25) is 4.79 Å². The lowest BCUT2D eigenvalue weighted by molar-refractivity contribution is -0.157. The summed E-state index contributed by atoms with van der Waals surface area (Å²) in [7, 11) is 0. The van der Waals surface area contributed by atoms with E-state index in [0.29, 0.717) is 6.61 Å². The largest absolute Gasteiger partial charge is 0.454 e. The molecule has 0 saturated carbocycles. The Morgan fingerprint density at radius 1 is 1.20 bits per heavy atom. The summed E-state index contributed by atoms with van der Waals surface area (Å²) in [5.41, 5.74) is 1.12. The van der Waals surface area contributed by atoms with Crippen LogP contribution in [0.1, 0.15) is 30.9 Å². The van der Waals surface area contributed by atoms with Gasteiger partial charge in [-0.1, -0.05) is 6.07 Å². The molecular formula is C15H17NO4. The molecule has 2 saturated heterocycles. The van der Waals surface area contributed by atoms with E-state index in [1.165, 1.54) is 0 Å². The van der Waals surface area contributed by atoms with Crippen LogP contribution in [0.4, 0.5) is 0 Å². The molecule has 0 N–H and O–H groups in total. The normalized spacial score (nSPS) is 27.5. The molecule has 1 amide bonds. The van der Waals surface area contributed by atoms with Crippen LogP contribution >= 0.6 is 0 Å². The van der Waals surface area contributed by atoms with E-state index in [2.05, 4.69) is 0 Å². The van der Waals surface area contributed by atoms with Gasteiger partial charge in [-0.2, -0.15) is 0 Å². The molecule has 5 heteroatoms. The highest BCUT2D eigenvalue weighted by Crippen LogP contribution is 2.39. The predicted molar refractivity (Wildman–Crippen MR) is 70.6 cm³/mol. The summed E-state index contributed by atoms with van der Waals surface area (Å²) < 4.78 is 16.1. The zero-order valence-corrected chi connectivity index (χ0v) is 11.2. The zero-order valence-electron chi connectivity index (χ0n) is 11.2. The number of likely N-dealkylation sites (tertiary alicyclic amines) is 1. The summed E-state index contributed by atoms with van der Waals surface area (Å²) >= 11 is 0. The third kappa shape index (κ3) is 1.85. The van der Waals surface area contributed by atoms with Crippen LogP contribution in [0.5, 0.6) is 11.5 Å². The highest BCUT2D eigenvalue weighted by Gasteiger charge is 2.37. The van der Waals surface area contributed by atoms with E-state index in [-0.39, 0.29) is 24.8 Å². The van der Waals surface area contributed by atoms with Gasteiger partial charge in [0.05, 0.1) is 12.6 Å². The van der Waals surface area contributed by atoms with Gasteiger partial charge in [-0.25, -0.2) is 0 Å². The van der Waals surface area contributed by atoms with Crippen LogP contribution in [0.3, 0.4) is 0 Å². The van der Waals surface area contributed by atoms with Gasteiger partial charge >= 0.3 is 0 Å². The zero-order chi connectivity index (χ0) is 13.5. The first-order chi connectivity index (χ1) is 9.83. The first-order valence-corrected chi connectivity index (χ1v) is 7.14. The minimum Gasteiger partial charge on any atom is -0.454 e. The molecule has 0 radical (unpaired) electrons. The van der Waals surface area contributed by atoms with E-state index < -0.39 is 0 Å². The first-order valence-electron chi connectivity index (χ1n) is 7.14. The second kappa shape index (κ2) is 4.66. The van der Waals surface area contributed by atoms with Crippen LogP contribution in [0.25, 0.3) is 0 Å². The van der Waals surface area contributed by atoms with Gasteiger partial charge in [0.15, 0.2) is 11.5 Å². The van der Waals surface area contributed by atoms with Crippen LogP contribution in [-0.4, -0.2) is 36.9 Å². The van der Waals surface area contributed by atoms with Crippen molar-refractivity contribution in [2.75, 3.05) is 19.9 Å². The summed E-state index contributed by atoms with van der Waals surface area (Å²) in [5.74, 6) is 1.70. The Bertz CT molecular complexity index is 541. The van der Waals surface area contributed by atoms with Crippen molar-refractivity contribution in [3.63, 3.8) is 0 Å². The number of ether oxygens (including phenoxy) is 3. The Kier molecular flexibility index (Phi) is 2.80.